The van der Waals surface area contributed by atoms with Crippen molar-refractivity contribution in [2.75, 3.05) is 0 Å². The van der Waals surface area contributed by atoms with Crippen LogP contribution in [-0.4, -0.2) is 5.97 Å². The highest BCUT2D eigenvalue weighted by Gasteiger charge is 2.11. The highest BCUT2D eigenvalue weighted by Crippen LogP contribution is 2.23. The summed E-state index contributed by atoms with van der Waals surface area (Å²) < 4.78 is 10.6. The van der Waals surface area contributed by atoms with E-state index in [1.54, 1.807) is 6.26 Å². The van der Waals surface area contributed by atoms with Crippen molar-refractivity contribution in [1.29, 1.82) is 0 Å². The number of fused-ring (bicyclic) bond motifs is 1. The normalized spacial score (nSPS) is 11.1. The second-order valence-electron chi connectivity index (χ2n) is 4.52. The summed E-state index contributed by atoms with van der Waals surface area (Å²) in [6.07, 6.45) is 1.65. The molecule has 2 aromatic rings. The standard InChI is InChI=1S/C14H16O3/c1-9(2)14(15)17-8-11-7-16-13-6-10(3)4-5-12(11)13/h4-7,9H,8H2,1-3H3. The van der Waals surface area contributed by atoms with Crippen LogP contribution >= 0.6 is 0 Å². The Morgan fingerprint density at radius 3 is 2.88 bits per heavy atom. The van der Waals surface area contributed by atoms with E-state index in [0.29, 0.717) is 0 Å². The smallest absolute Gasteiger partial charge is 0.308 e. The van der Waals surface area contributed by atoms with Crippen molar-refractivity contribution in [3.63, 3.8) is 0 Å². The molecule has 2 rings (SSSR count). The molecule has 0 spiro atoms. The third-order valence-electron chi connectivity index (χ3n) is 2.65. The molecule has 0 bridgehead atoms. The van der Waals surface area contributed by atoms with Gasteiger partial charge < -0.3 is 9.15 Å². The van der Waals surface area contributed by atoms with Gasteiger partial charge in [-0.15, -0.1) is 0 Å². The summed E-state index contributed by atoms with van der Waals surface area (Å²) in [7, 11) is 0. The van der Waals surface area contributed by atoms with Crippen LogP contribution in [0.2, 0.25) is 0 Å². The van der Waals surface area contributed by atoms with Crippen LogP contribution in [0.15, 0.2) is 28.9 Å². The first-order valence-electron chi connectivity index (χ1n) is 5.71. The lowest BCUT2D eigenvalue weighted by molar-refractivity contribution is -0.148. The minimum absolute atomic E-state index is 0.101. The van der Waals surface area contributed by atoms with Crippen LogP contribution in [0.25, 0.3) is 11.0 Å². The zero-order valence-electron chi connectivity index (χ0n) is 10.3. The van der Waals surface area contributed by atoms with Crippen LogP contribution in [0.4, 0.5) is 0 Å². The molecule has 0 radical (unpaired) electrons. The van der Waals surface area contributed by atoms with E-state index < -0.39 is 0 Å². The summed E-state index contributed by atoms with van der Waals surface area (Å²) in [4.78, 5) is 11.4. The van der Waals surface area contributed by atoms with Crippen LogP contribution in [0.1, 0.15) is 25.0 Å². The van der Waals surface area contributed by atoms with Gasteiger partial charge in [0.15, 0.2) is 0 Å². The Kier molecular flexibility index (Phi) is 3.18. The number of ether oxygens (including phenoxy) is 1. The fraction of sp³-hybridized carbons (Fsp3) is 0.357. The van der Waals surface area contributed by atoms with E-state index in [1.165, 1.54) is 0 Å². The Hall–Kier alpha value is -1.77. The molecule has 1 heterocycles. The zero-order valence-corrected chi connectivity index (χ0v) is 10.3. The average molecular weight is 232 g/mol. The quantitative estimate of drug-likeness (QED) is 0.761. The van der Waals surface area contributed by atoms with Crippen molar-refractivity contribution >= 4 is 16.9 Å². The Balaban J connectivity index is 2.17. The number of benzene rings is 1. The van der Waals surface area contributed by atoms with Crippen LogP contribution in [0.3, 0.4) is 0 Å². The van der Waals surface area contributed by atoms with Gasteiger partial charge in [0.25, 0.3) is 0 Å². The minimum Gasteiger partial charge on any atom is -0.464 e. The summed E-state index contributed by atoms with van der Waals surface area (Å²) in [6, 6.07) is 5.99. The lowest BCUT2D eigenvalue weighted by atomic mass is 10.1. The Bertz CT molecular complexity index is 537. The molecular formula is C14H16O3. The molecule has 3 nitrogen and oxygen atoms in total. The van der Waals surface area contributed by atoms with Gasteiger partial charge in [0.1, 0.15) is 12.2 Å². The highest BCUT2D eigenvalue weighted by atomic mass is 16.5. The third kappa shape index (κ3) is 2.49. The predicted molar refractivity (Wildman–Crippen MR) is 65.6 cm³/mol. The predicted octanol–water partition coefficient (Wildman–Crippen LogP) is 3.44. The van der Waals surface area contributed by atoms with E-state index >= 15 is 0 Å². The number of furan rings is 1. The van der Waals surface area contributed by atoms with E-state index in [4.69, 9.17) is 9.15 Å². The molecule has 0 amide bonds. The maximum Gasteiger partial charge on any atom is 0.308 e. The fourth-order valence-corrected chi connectivity index (χ4v) is 1.62. The molecule has 3 heteroatoms. The number of hydrogen-bond donors (Lipinski definition) is 0. The molecule has 1 aromatic carbocycles. The third-order valence-corrected chi connectivity index (χ3v) is 2.65. The molecule has 0 saturated heterocycles. The van der Waals surface area contributed by atoms with E-state index in [0.717, 1.165) is 22.1 Å². The second kappa shape index (κ2) is 4.62. The number of hydrogen-bond acceptors (Lipinski definition) is 3. The Morgan fingerprint density at radius 2 is 2.18 bits per heavy atom. The largest absolute Gasteiger partial charge is 0.464 e. The molecule has 0 saturated carbocycles. The van der Waals surface area contributed by atoms with Crippen molar-refractivity contribution < 1.29 is 13.9 Å². The van der Waals surface area contributed by atoms with Crippen LogP contribution in [0, 0.1) is 12.8 Å². The molecule has 0 unspecified atom stereocenters. The highest BCUT2D eigenvalue weighted by molar-refractivity contribution is 5.81. The Labute approximate surface area is 100 Å². The van der Waals surface area contributed by atoms with Crippen LogP contribution in [0.5, 0.6) is 0 Å². The van der Waals surface area contributed by atoms with Crippen molar-refractivity contribution in [2.45, 2.75) is 27.4 Å². The van der Waals surface area contributed by atoms with Gasteiger partial charge in [-0.2, -0.15) is 0 Å². The average Bonchev–Trinajstić information content (AvgIpc) is 2.67. The van der Waals surface area contributed by atoms with E-state index in [-0.39, 0.29) is 18.5 Å². The minimum atomic E-state index is -0.188. The van der Waals surface area contributed by atoms with Crippen LogP contribution < -0.4 is 0 Å². The summed E-state index contributed by atoms with van der Waals surface area (Å²) in [5.41, 5.74) is 2.90. The topological polar surface area (TPSA) is 39.4 Å². The molecule has 90 valence electrons. The van der Waals surface area contributed by atoms with Gasteiger partial charge >= 0.3 is 5.97 Å². The summed E-state index contributed by atoms with van der Waals surface area (Å²) in [6.45, 7) is 5.92. The maximum atomic E-state index is 11.4. The van der Waals surface area contributed by atoms with E-state index in [1.807, 2.05) is 39.0 Å². The monoisotopic (exact) mass is 232 g/mol. The van der Waals surface area contributed by atoms with Gasteiger partial charge in [-0.05, 0) is 18.6 Å². The number of carbonyl (C=O) groups is 1. The number of aryl methyl sites for hydroxylation is 1. The number of rotatable bonds is 3. The van der Waals surface area contributed by atoms with Gasteiger partial charge in [-0.25, -0.2) is 0 Å². The van der Waals surface area contributed by atoms with E-state index in [9.17, 15) is 4.79 Å². The van der Waals surface area contributed by atoms with Gasteiger partial charge in [0.05, 0.1) is 12.2 Å². The van der Waals surface area contributed by atoms with Crippen molar-refractivity contribution in [2.24, 2.45) is 5.92 Å². The summed E-state index contributed by atoms with van der Waals surface area (Å²) in [5.74, 6) is -0.290. The first-order valence-corrected chi connectivity index (χ1v) is 5.71. The SMILES string of the molecule is Cc1ccc2c(COC(=O)C(C)C)coc2c1. The molecule has 0 aliphatic heterocycles. The van der Waals surface area contributed by atoms with Gasteiger partial charge in [0, 0.05) is 10.9 Å². The lowest BCUT2D eigenvalue weighted by Gasteiger charge is -2.05. The molecule has 0 aliphatic rings. The molecule has 1 aromatic heterocycles. The van der Waals surface area contributed by atoms with Crippen molar-refractivity contribution in [3.8, 4) is 0 Å². The molecule has 0 N–H and O–H groups in total. The van der Waals surface area contributed by atoms with Crippen molar-refractivity contribution in [3.05, 3.63) is 35.6 Å². The molecule has 0 atom stereocenters. The molecule has 17 heavy (non-hydrogen) atoms. The van der Waals surface area contributed by atoms with Crippen LogP contribution in [-0.2, 0) is 16.1 Å². The van der Waals surface area contributed by atoms with Gasteiger partial charge in [-0.1, -0.05) is 26.0 Å². The summed E-state index contributed by atoms with van der Waals surface area (Å²) >= 11 is 0. The molecule has 0 aliphatic carbocycles. The molecule has 0 fully saturated rings. The Morgan fingerprint density at radius 1 is 1.41 bits per heavy atom. The zero-order chi connectivity index (χ0) is 12.4. The number of carbonyl (C=O) groups excluding carboxylic acids is 1. The molecular weight excluding hydrogens is 216 g/mol. The first-order chi connectivity index (χ1) is 8.08. The summed E-state index contributed by atoms with van der Waals surface area (Å²) in [5, 5.41) is 1.01. The number of esters is 1. The maximum absolute atomic E-state index is 11.4. The lowest BCUT2D eigenvalue weighted by Crippen LogP contribution is -2.11. The van der Waals surface area contributed by atoms with Gasteiger partial charge in [-0.3, -0.25) is 4.79 Å². The first kappa shape index (κ1) is 11.7. The fourth-order valence-electron chi connectivity index (χ4n) is 1.62. The van der Waals surface area contributed by atoms with E-state index in [2.05, 4.69) is 0 Å². The van der Waals surface area contributed by atoms with Gasteiger partial charge in [0.2, 0.25) is 0 Å². The van der Waals surface area contributed by atoms with Crippen molar-refractivity contribution in [1.82, 2.24) is 0 Å². The second-order valence-corrected chi connectivity index (χ2v) is 4.52.